The molecule has 2 aromatic carbocycles. The first kappa shape index (κ1) is 28.7. The number of rotatable bonds is 11. The molecule has 1 fully saturated rings. The van der Waals surface area contributed by atoms with Crippen molar-refractivity contribution in [2.45, 2.75) is 44.3 Å². The molecule has 10 nitrogen and oxygen atoms in total. The Kier molecular flexibility index (Phi) is 10.7. The zero-order valence-electron chi connectivity index (χ0n) is 20.7. The standard InChI is InChI=1S/C27H31ClN4O6/c28-21-15-18(24(34)31-16-17-6-5-7-19(33)14-17)10-11-20(21)25(35)32-23(27(37)38)9-2-4-13-30-26(36)22-8-1-3-12-29-22/h2,5-7,9-11,14-15,22-23,29,33H,1,3-4,8,12-13,16H2,(H,30,36)(H,31,34)(H,32,35)(H,37,38). The molecule has 0 aromatic heterocycles. The molecule has 1 aliphatic heterocycles. The Morgan fingerprint density at radius 3 is 2.58 bits per heavy atom. The highest BCUT2D eigenvalue weighted by Crippen LogP contribution is 2.19. The fourth-order valence-corrected chi connectivity index (χ4v) is 4.18. The van der Waals surface area contributed by atoms with E-state index in [2.05, 4.69) is 21.3 Å². The molecule has 2 atom stereocenters. The summed E-state index contributed by atoms with van der Waals surface area (Å²) in [4.78, 5) is 48.9. The minimum atomic E-state index is -1.31. The quantitative estimate of drug-likeness (QED) is 0.188. The van der Waals surface area contributed by atoms with Crippen molar-refractivity contribution in [1.29, 1.82) is 0 Å². The third-order valence-corrected chi connectivity index (χ3v) is 6.27. The van der Waals surface area contributed by atoms with Gasteiger partial charge in [0.1, 0.15) is 11.8 Å². The second kappa shape index (κ2) is 14.2. The van der Waals surface area contributed by atoms with Gasteiger partial charge < -0.3 is 31.5 Å². The van der Waals surface area contributed by atoms with E-state index in [1.807, 2.05) is 0 Å². The number of nitrogens with one attached hydrogen (secondary N) is 4. The zero-order valence-corrected chi connectivity index (χ0v) is 21.5. The van der Waals surface area contributed by atoms with E-state index in [1.165, 1.54) is 36.4 Å². The Morgan fingerprint density at radius 2 is 1.89 bits per heavy atom. The van der Waals surface area contributed by atoms with Gasteiger partial charge in [-0.05, 0) is 61.7 Å². The number of carboxylic acid groups (broad SMARTS) is 1. The second-order valence-corrected chi connectivity index (χ2v) is 9.25. The van der Waals surface area contributed by atoms with Crippen molar-refractivity contribution >= 4 is 35.3 Å². The summed E-state index contributed by atoms with van der Waals surface area (Å²) >= 11 is 6.22. The van der Waals surface area contributed by atoms with Gasteiger partial charge in [-0.1, -0.05) is 42.3 Å². The number of carboxylic acids is 1. The van der Waals surface area contributed by atoms with Crippen LogP contribution in [0.3, 0.4) is 0 Å². The smallest absolute Gasteiger partial charge is 0.330 e. The summed E-state index contributed by atoms with van der Waals surface area (Å²) in [5.74, 6) is -2.39. The second-order valence-electron chi connectivity index (χ2n) is 8.85. The number of halogens is 1. The molecule has 2 aromatic rings. The van der Waals surface area contributed by atoms with Crippen molar-refractivity contribution in [3.63, 3.8) is 0 Å². The van der Waals surface area contributed by atoms with Crippen molar-refractivity contribution < 1.29 is 29.4 Å². The molecule has 2 unspecified atom stereocenters. The van der Waals surface area contributed by atoms with Gasteiger partial charge in [-0.2, -0.15) is 0 Å². The number of carbonyl (C=O) groups is 4. The van der Waals surface area contributed by atoms with Crippen LogP contribution >= 0.6 is 11.6 Å². The van der Waals surface area contributed by atoms with Gasteiger partial charge in [0, 0.05) is 18.7 Å². The highest BCUT2D eigenvalue weighted by molar-refractivity contribution is 6.34. The van der Waals surface area contributed by atoms with Crippen molar-refractivity contribution in [2.24, 2.45) is 0 Å². The number of phenols is 1. The third-order valence-electron chi connectivity index (χ3n) is 5.96. The van der Waals surface area contributed by atoms with Crippen LogP contribution in [0.25, 0.3) is 0 Å². The minimum absolute atomic E-state index is 0.0142. The molecule has 0 radical (unpaired) electrons. The monoisotopic (exact) mass is 542 g/mol. The van der Waals surface area contributed by atoms with Crippen LogP contribution in [0.2, 0.25) is 5.02 Å². The number of aliphatic carboxylic acids is 1. The van der Waals surface area contributed by atoms with Crippen LogP contribution in [-0.2, 0) is 16.1 Å². The van der Waals surface area contributed by atoms with Crippen molar-refractivity contribution in [1.82, 2.24) is 21.3 Å². The van der Waals surface area contributed by atoms with Gasteiger partial charge in [0.15, 0.2) is 0 Å². The molecular formula is C27H31ClN4O6. The van der Waals surface area contributed by atoms with Crippen LogP contribution in [0.4, 0.5) is 0 Å². The molecule has 3 rings (SSSR count). The molecule has 11 heteroatoms. The highest BCUT2D eigenvalue weighted by Gasteiger charge is 2.21. The summed E-state index contributed by atoms with van der Waals surface area (Å²) in [7, 11) is 0. The number of amides is 3. The summed E-state index contributed by atoms with van der Waals surface area (Å²) in [5.41, 5.74) is 0.937. The number of carbonyl (C=O) groups excluding carboxylic acids is 3. The van der Waals surface area contributed by atoms with Crippen molar-refractivity contribution in [2.75, 3.05) is 13.1 Å². The van der Waals surface area contributed by atoms with E-state index < -0.39 is 23.8 Å². The molecule has 202 valence electrons. The van der Waals surface area contributed by atoms with Gasteiger partial charge in [0.05, 0.1) is 16.6 Å². The Hall–Kier alpha value is -3.89. The highest BCUT2D eigenvalue weighted by atomic mass is 35.5. The summed E-state index contributed by atoms with van der Waals surface area (Å²) in [6.45, 7) is 1.34. The van der Waals surface area contributed by atoms with E-state index in [0.717, 1.165) is 25.8 Å². The lowest BCUT2D eigenvalue weighted by Gasteiger charge is -2.22. The molecule has 0 aliphatic carbocycles. The first-order chi connectivity index (χ1) is 18.2. The number of piperidine rings is 1. The van der Waals surface area contributed by atoms with Gasteiger partial charge >= 0.3 is 5.97 Å². The molecule has 38 heavy (non-hydrogen) atoms. The largest absolute Gasteiger partial charge is 0.508 e. The van der Waals surface area contributed by atoms with Gasteiger partial charge in [-0.25, -0.2) is 4.79 Å². The van der Waals surface area contributed by atoms with E-state index in [0.29, 0.717) is 18.5 Å². The Balaban J connectivity index is 1.50. The summed E-state index contributed by atoms with van der Waals surface area (Å²) in [6, 6.07) is 9.04. The maximum Gasteiger partial charge on any atom is 0.330 e. The Labute approximate surface area is 225 Å². The Morgan fingerprint density at radius 1 is 1.08 bits per heavy atom. The third kappa shape index (κ3) is 8.60. The number of aromatic hydroxyl groups is 1. The number of hydrogen-bond acceptors (Lipinski definition) is 6. The molecule has 1 heterocycles. The SMILES string of the molecule is O=C(NCc1cccc(O)c1)c1ccc(C(=O)NC(C=CCCNC(=O)C2CCCCN2)C(=O)O)c(Cl)c1. The summed E-state index contributed by atoms with van der Waals surface area (Å²) in [5, 5.41) is 30.1. The van der Waals surface area contributed by atoms with E-state index in [1.54, 1.807) is 18.2 Å². The summed E-state index contributed by atoms with van der Waals surface area (Å²) in [6.07, 6.45) is 6.16. The first-order valence-electron chi connectivity index (χ1n) is 12.3. The topological polar surface area (TPSA) is 157 Å². The lowest BCUT2D eigenvalue weighted by molar-refractivity contribution is -0.138. The molecule has 6 N–H and O–H groups in total. The zero-order chi connectivity index (χ0) is 27.5. The average molecular weight is 543 g/mol. The normalized spacial score (nSPS) is 16.0. The maximum atomic E-state index is 12.7. The van der Waals surface area contributed by atoms with Crippen LogP contribution < -0.4 is 21.3 Å². The van der Waals surface area contributed by atoms with Crippen LogP contribution in [0, 0.1) is 0 Å². The summed E-state index contributed by atoms with van der Waals surface area (Å²) < 4.78 is 0. The van der Waals surface area contributed by atoms with Crippen molar-refractivity contribution in [3.05, 3.63) is 76.3 Å². The van der Waals surface area contributed by atoms with Gasteiger partial charge in [-0.3, -0.25) is 14.4 Å². The minimum Gasteiger partial charge on any atom is -0.508 e. The predicted molar refractivity (Wildman–Crippen MR) is 142 cm³/mol. The predicted octanol–water partition coefficient (Wildman–Crippen LogP) is 2.36. The molecule has 1 aliphatic rings. The molecule has 0 spiro atoms. The molecular weight excluding hydrogens is 512 g/mol. The molecule has 0 saturated carbocycles. The van der Waals surface area contributed by atoms with E-state index in [9.17, 15) is 29.4 Å². The maximum absolute atomic E-state index is 12.7. The molecule has 3 amide bonds. The first-order valence-corrected chi connectivity index (χ1v) is 12.7. The lowest BCUT2D eigenvalue weighted by Crippen LogP contribution is -2.46. The van der Waals surface area contributed by atoms with E-state index >= 15 is 0 Å². The van der Waals surface area contributed by atoms with E-state index in [-0.39, 0.29) is 40.4 Å². The van der Waals surface area contributed by atoms with Gasteiger partial charge in [0.25, 0.3) is 11.8 Å². The van der Waals surface area contributed by atoms with Crippen LogP contribution in [-0.4, -0.2) is 59.1 Å². The van der Waals surface area contributed by atoms with E-state index in [4.69, 9.17) is 11.6 Å². The lowest BCUT2D eigenvalue weighted by atomic mass is 10.0. The number of phenolic OH excluding ortho intramolecular Hbond substituents is 1. The fourth-order valence-electron chi connectivity index (χ4n) is 3.91. The van der Waals surface area contributed by atoms with Crippen molar-refractivity contribution in [3.8, 4) is 5.75 Å². The van der Waals surface area contributed by atoms with Crippen LogP contribution in [0.15, 0.2) is 54.6 Å². The number of hydrogen-bond donors (Lipinski definition) is 6. The number of benzene rings is 2. The average Bonchev–Trinajstić information content (AvgIpc) is 2.91. The molecule has 1 saturated heterocycles. The fraction of sp³-hybridized carbons (Fsp3) is 0.333. The van der Waals surface area contributed by atoms with Crippen LogP contribution in [0.1, 0.15) is 52.0 Å². The van der Waals surface area contributed by atoms with Gasteiger partial charge in [-0.15, -0.1) is 0 Å². The Bertz CT molecular complexity index is 1200. The van der Waals surface area contributed by atoms with Gasteiger partial charge in [0.2, 0.25) is 5.91 Å². The van der Waals surface area contributed by atoms with Crippen LogP contribution in [0.5, 0.6) is 5.75 Å². The molecule has 0 bridgehead atoms.